The minimum absolute atomic E-state index is 0.0991. The van der Waals surface area contributed by atoms with Crippen LogP contribution in [0.3, 0.4) is 0 Å². The van der Waals surface area contributed by atoms with E-state index in [1.54, 1.807) is 23.4 Å². The highest BCUT2D eigenvalue weighted by Crippen LogP contribution is 2.27. The fraction of sp³-hybridized carbons (Fsp3) is 0.200. The molecule has 3 heterocycles. The third-order valence-corrected chi connectivity index (χ3v) is 5.98. The van der Waals surface area contributed by atoms with Crippen molar-refractivity contribution in [2.75, 3.05) is 25.0 Å². The normalized spacial score (nSPS) is 16.2. The molecule has 0 radical (unpaired) electrons. The number of hydrogen-bond donors (Lipinski definition) is 1. The molecular weight excluding hydrogens is 442 g/mol. The van der Waals surface area contributed by atoms with Gasteiger partial charge in [-0.2, -0.15) is 10.2 Å². The molecule has 1 amide bonds. The molecule has 2 aromatic heterocycles. The van der Waals surface area contributed by atoms with Crippen LogP contribution in [0.15, 0.2) is 78.0 Å². The molecule has 10 heteroatoms. The van der Waals surface area contributed by atoms with Crippen molar-refractivity contribution in [1.29, 1.82) is 5.26 Å². The molecular formula is C25H23N9O. The average Bonchev–Trinajstić information content (AvgIpc) is 3.34. The Hall–Kier alpha value is -4.78. The Balaban J connectivity index is 1.45. The molecule has 174 valence electrons. The number of hydrogen-bond acceptors (Lipinski definition) is 6. The maximum Gasteiger partial charge on any atom is 0.294 e. The third-order valence-electron chi connectivity index (χ3n) is 5.98. The summed E-state index contributed by atoms with van der Waals surface area (Å²) >= 11 is 0. The molecule has 1 unspecified atom stereocenters. The zero-order chi connectivity index (χ0) is 24.2. The molecule has 10 nitrogen and oxygen atoms in total. The number of rotatable bonds is 3. The molecule has 1 saturated heterocycles. The number of aliphatic imine (C=N–C) groups is 1. The van der Waals surface area contributed by atoms with Crippen LogP contribution in [0, 0.1) is 18.4 Å². The summed E-state index contributed by atoms with van der Waals surface area (Å²) in [6, 6.07) is 19.1. The number of guanidine groups is 1. The van der Waals surface area contributed by atoms with Crippen LogP contribution < -0.4 is 5.32 Å². The van der Waals surface area contributed by atoms with Crippen LogP contribution in [-0.2, 0) is 0 Å². The minimum atomic E-state index is -0.292. The van der Waals surface area contributed by atoms with Gasteiger partial charge in [-0.25, -0.2) is 9.50 Å². The van der Waals surface area contributed by atoms with Crippen molar-refractivity contribution < 1.29 is 4.79 Å². The van der Waals surface area contributed by atoms with E-state index in [4.69, 9.17) is 0 Å². The minimum Gasteiger partial charge on any atom is -0.338 e. The van der Waals surface area contributed by atoms with E-state index >= 15 is 0 Å². The molecule has 0 aliphatic carbocycles. The topological polar surface area (TPSA) is 115 Å². The van der Waals surface area contributed by atoms with Crippen molar-refractivity contribution in [1.82, 2.24) is 29.4 Å². The number of amides is 1. The second-order valence-electron chi connectivity index (χ2n) is 8.15. The van der Waals surface area contributed by atoms with Gasteiger partial charge in [-0.05, 0) is 30.2 Å². The van der Waals surface area contributed by atoms with Gasteiger partial charge in [-0.15, -0.1) is 10.1 Å². The summed E-state index contributed by atoms with van der Waals surface area (Å²) in [4.78, 5) is 29.9. The number of nitriles is 1. The molecule has 35 heavy (non-hydrogen) atoms. The average molecular weight is 466 g/mol. The number of aryl methyl sites for hydroxylation is 1. The van der Waals surface area contributed by atoms with E-state index in [9.17, 15) is 10.1 Å². The first kappa shape index (κ1) is 22.0. The van der Waals surface area contributed by atoms with Crippen molar-refractivity contribution >= 4 is 23.3 Å². The molecule has 1 fully saturated rings. The van der Waals surface area contributed by atoms with E-state index in [0.29, 0.717) is 31.4 Å². The summed E-state index contributed by atoms with van der Waals surface area (Å²) in [5, 5.41) is 17.0. The van der Waals surface area contributed by atoms with E-state index in [0.717, 1.165) is 16.8 Å². The van der Waals surface area contributed by atoms with E-state index in [1.807, 2.05) is 72.6 Å². The predicted molar refractivity (Wildman–Crippen MR) is 130 cm³/mol. The summed E-state index contributed by atoms with van der Waals surface area (Å²) in [5.41, 5.74) is 2.88. The van der Waals surface area contributed by atoms with Crippen LogP contribution in [0.4, 0.5) is 5.69 Å². The van der Waals surface area contributed by atoms with Crippen molar-refractivity contribution in [3.8, 4) is 6.19 Å². The largest absolute Gasteiger partial charge is 0.338 e. The highest BCUT2D eigenvalue weighted by atomic mass is 16.2. The predicted octanol–water partition coefficient (Wildman–Crippen LogP) is 2.88. The Labute approximate surface area is 202 Å². The maximum absolute atomic E-state index is 13.5. The highest BCUT2D eigenvalue weighted by molar-refractivity contribution is 5.95. The number of piperazine rings is 1. The summed E-state index contributed by atoms with van der Waals surface area (Å²) < 4.78 is 1.49. The summed E-state index contributed by atoms with van der Waals surface area (Å²) in [7, 11) is 0. The van der Waals surface area contributed by atoms with E-state index in [-0.39, 0.29) is 17.8 Å². The smallest absolute Gasteiger partial charge is 0.294 e. The molecule has 1 aliphatic rings. The highest BCUT2D eigenvalue weighted by Gasteiger charge is 2.35. The summed E-state index contributed by atoms with van der Waals surface area (Å²) in [6.07, 6.45) is 5.23. The standard InChI is InChI=1S/C25H23N9O/c1-18-8-5-6-11-20(18)29-24(28-17-26)32-14-15-33(21(16-32)19-9-3-2-4-10-19)23(35)22-30-25-27-12-7-13-34(25)31-22/h2-13,21H,14-16H2,1H3,(H,28,29). The summed E-state index contributed by atoms with van der Waals surface area (Å²) in [5.74, 6) is 0.651. The number of nitrogens with zero attached hydrogens (tertiary/aromatic N) is 8. The first-order valence-electron chi connectivity index (χ1n) is 11.2. The first-order chi connectivity index (χ1) is 17.1. The second kappa shape index (κ2) is 9.61. The number of benzene rings is 2. The van der Waals surface area contributed by atoms with Gasteiger partial charge >= 0.3 is 0 Å². The van der Waals surface area contributed by atoms with Crippen LogP contribution in [0.1, 0.15) is 27.8 Å². The fourth-order valence-electron chi connectivity index (χ4n) is 4.19. The van der Waals surface area contributed by atoms with Crippen LogP contribution in [0.5, 0.6) is 0 Å². The zero-order valence-corrected chi connectivity index (χ0v) is 19.1. The number of carbonyl (C=O) groups is 1. The zero-order valence-electron chi connectivity index (χ0n) is 19.1. The van der Waals surface area contributed by atoms with E-state index in [2.05, 4.69) is 25.4 Å². The second-order valence-corrected chi connectivity index (χ2v) is 8.15. The van der Waals surface area contributed by atoms with Gasteiger partial charge in [0.15, 0.2) is 0 Å². The Bertz CT molecular complexity index is 1390. The van der Waals surface area contributed by atoms with Crippen LogP contribution in [-0.4, -0.2) is 60.9 Å². The van der Waals surface area contributed by atoms with Gasteiger partial charge in [-0.3, -0.25) is 4.79 Å². The van der Waals surface area contributed by atoms with Crippen molar-refractivity contribution in [3.05, 3.63) is 90.0 Å². The van der Waals surface area contributed by atoms with Gasteiger partial charge in [0.2, 0.25) is 18.0 Å². The molecule has 1 N–H and O–H groups in total. The number of nitrogens with one attached hydrogen (secondary N) is 1. The lowest BCUT2D eigenvalue weighted by molar-refractivity contribution is 0.0538. The Morgan fingerprint density at radius 1 is 1.11 bits per heavy atom. The number of fused-ring (bicyclic) bond motifs is 1. The van der Waals surface area contributed by atoms with Crippen molar-refractivity contribution in [2.45, 2.75) is 13.0 Å². The van der Waals surface area contributed by atoms with Gasteiger partial charge in [0.05, 0.1) is 6.04 Å². The van der Waals surface area contributed by atoms with Gasteiger partial charge in [0.1, 0.15) is 0 Å². The number of carbonyl (C=O) groups excluding carboxylic acids is 1. The Morgan fingerprint density at radius 2 is 1.91 bits per heavy atom. The first-order valence-corrected chi connectivity index (χ1v) is 11.2. The number of aromatic nitrogens is 4. The van der Waals surface area contributed by atoms with Gasteiger partial charge in [0, 0.05) is 37.7 Å². The molecule has 1 aliphatic heterocycles. The quantitative estimate of drug-likeness (QED) is 0.281. The monoisotopic (exact) mass is 465 g/mol. The lowest BCUT2D eigenvalue weighted by atomic mass is 10.0. The van der Waals surface area contributed by atoms with Gasteiger partial charge < -0.3 is 15.1 Å². The van der Waals surface area contributed by atoms with Crippen molar-refractivity contribution in [3.63, 3.8) is 0 Å². The summed E-state index contributed by atoms with van der Waals surface area (Å²) in [6.45, 7) is 3.33. The molecule has 4 aromatic rings. The molecule has 5 rings (SSSR count). The van der Waals surface area contributed by atoms with Crippen LogP contribution in [0.2, 0.25) is 0 Å². The van der Waals surface area contributed by atoms with Crippen LogP contribution in [0.25, 0.3) is 5.78 Å². The van der Waals surface area contributed by atoms with Gasteiger partial charge in [0.25, 0.3) is 11.7 Å². The lowest BCUT2D eigenvalue weighted by Gasteiger charge is -2.42. The molecule has 0 spiro atoms. The Kier molecular flexibility index (Phi) is 6.05. The molecule has 1 atom stereocenters. The molecule has 0 saturated carbocycles. The van der Waals surface area contributed by atoms with Gasteiger partial charge in [-0.1, -0.05) is 48.5 Å². The van der Waals surface area contributed by atoms with E-state index in [1.165, 1.54) is 4.52 Å². The van der Waals surface area contributed by atoms with Crippen molar-refractivity contribution in [2.24, 2.45) is 4.99 Å². The maximum atomic E-state index is 13.5. The molecule has 2 aromatic carbocycles. The van der Waals surface area contributed by atoms with Crippen LogP contribution >= 0.6 is 0 Å². The third kappa shape index (κ3) is 4.52. The van der Waals surface area contributed by atoms with E-state index < -0.39 is 0 Å². The number of para-hydroxylation sites is 1. The SMILES string of the molecule is Cc1ccccc1N/C(=N/C#N)N1CCN(C(=O)c2nc3ncccn3n2)C(c2ccccc2)C1. The fourth-order valence-corrected chi connectivity index (χ4v) is 4.19. The lowest BCUT2D eigenvalue weighted by Crippen LogP contribution is -2.54. The Morgan fingerprint density at radius 3 is 2.69 bits per heavy atom. The molecule has 0 bridgehead atoms. The number of anilines is 1.